The van der Waals surface area contributed by atoms with Crippen molar-refractivity contribution in [2.45, 2.75) is 24.3 Å². The molecule has 2 rings (SSSR count). The Kier molecular flexibility index (Phi) is 6.34. The van der Waals surface area contributed by atoms with E-state index in [2.05, 4.69) is 0 Å². The molecule has 1 aromatic rings. The van der Waals surface area contributed by atoms with Gasteiger partial charge in [-0.05, 0) is 25.3 Å². The molecule has 10 heteroatoms. The summed E-state index contributed by atoms with van der Waals surface area (Å²) in [4.78, 5) is 10.1. The van der Waals surface area contributed by atoms with Gasteiger partial charge in [0, 0.05) is 31.3 Å². The summed E-state index contributed by atoms with van der Waals surface area (Å²) in [5.41, 5.74) is 5.54. The third kappa shape index (κ3) is 3.92. The van der Waals surface area contributed by atoms with Gasteiger partial charge in [-0.15, -0.1) is 12.4 Å². The van der Waals surface area contributed by atoms with E-state index in [1.807, 2.05) is 6.92 Å². The molecule has 130 valence electrons. The molecule has 1 saturated heterocycles. The Hall–Kier alpha value is -1.42. The first-order valence-corrected chi connectivity index (χ1v) is 8.29. The Morgan fingerprint density at radius 1 is 1.48 bits per heavy atom. The van der Waals surface area contributed by atoms with E-state index in [0.29, 0.717) is 19.5 Å². The minimum atomic E-state index is -3.86. The monoisotopic (exact) mass is 365 g/mol. The average Bonchev–Trinajstić information content (AvgIpc) is 2.97. The third-order valence-electron chi connectivity index (χ3n) is 3.91. The Morgan fingerprint density at radius 2 is 2.13 bits per heavy atom. The molecule has 0 bridgehead atoms. The number of nitro benzene ring substituents is 1. The number of rotatable bonds is 5. The van der Waals surface area contributed by atoms with Gasteiger partial charge < -0.3 is 10.5 Å². The maximum absolute atomic E-state index is 12.7. The molecule has 1 heterocycles. The predicted molar refractivity (Wildman–Crippen MR) is 87.4 cm³/mol. The highest BCUT2D eigenvalue weighted by molar-refractivity contribution is 7.89. The fraction of sp³-hybridized carbons (Fsp3) is 0.538. The summed E-state index contributed by atoms with van der Waals surface area (Å²) in [6.45, 7) is 2.50. The van der Waals surface area contributed by atoms with Crippen LogP contribution in [-0.2, 0) is 10.0 Å². The largest absolute Gasteiger partial charge is 0.495 e. The molecule has 8 nitrogen and oxygen atoms in total. The highest BCUT2D eigenvalue weighted by Crippen LogP contribution is 2.33. The topological polar surface area (TPSA) is 116 Å². The standard InChI is InChI=1S/C13H19N3O5S.ClH/c1-9(14)10-5-6-15(8-10)22(19,20)13-7-11(16(17)18)3-4-12(13)21-2;/h3-4,7,9-10H,5-6,8,14H2,1-2H3;1H. The lowest BCUT2D eigenvalue weighted by Gasteiger charge is -2.19. The summed E-state index contributed by atoms with van der Waals surface area (Å²) in [7, 11) is -2.53. The first-order chi connectivity index (χ1) is 10.3. The Labute approximate surface area is 141 Å². The maximum atomic E-state index is 12.7. The van der Waals surface area contributed by atoms with E-state index in [0.717, 1.165) is 6.07 Å². The van der Waals surface area contributed by atoms with Gasteiger partial charge >= 0.3 is 0 Å². The van der Waals surface area contributed by atoms with Gasteiger partial charge in [0.1, 0.15) is 10.6 Å². The lowest BCUT2D eigenvalue weighted by molar-refractivity contribution is -0.385. The van der Waals surface area contributed by atoms with Crippen molar-refractivity contribution < 1.29 is 18.1 Å². The Morgan fingerprint density at radius 3 is 2.61 bits per heavy atom. The van der Waals surface area contributed by atoms with Gasteiger partial charge in [-0.25, -0.2) is 8.42 Å². The van der Waals surface area contributed by atoms with Crippen molar-refractivity contribution in [3.63, 3.8) is 0 Å². The van der Waals surface area contributed by atoms with Crippen LogP contribution in [0.15, 0.2) is 23.1 Å². The predicted octanol–water partition coefficient (Wildman–Crippen LogP) is 1.38. The highest BCUT2D eigenvalue weighted by Gasteiger charge is 2.36. The van der Waals surface area contributed by atoms with Crippen LogP contribution >= 0.6 is 12.4 Å². The number of nitrogens with two attached hydrogens (primary N) is 1. The smallest absolute Gasteiger partial charge is 0.271 e. The highest BCUT2D eigenvalue weighted by atomic mass is 35.5. The first kappa shape index (κ1) is 19.6. The van der Waals surface area contributed by atoms with Gasteiger partial charge in [0.15, 0.2) is 0 Å². The Bertz CT molecular complexity index is 680. The van der Waals surface area contributed by atoms with Crippen LogP contribution in [0.4, 0.5) is 5.69 Å². The zero-order valence-electron chi connectivity index (χ0n) is 12.8. The van der Waals surface area contributed by atoms with Gasteiger partial charge in [0.25, 0.3) is 5.69 Å². The zero-order chi connectivity index (χ0) is 16.5. The zero-order valence-corrected chi connectivity index (χ0v) is 14.5. The van der Waals surface area contributed by atoms with Gasteiger partial charge in [-0.1, -0.05) is 0 Å². The van der Waals surface area contributed by atoms with Crippen molar-refractivity contribution in [3.8, 4) is 5.75 Å². The summed E-state index contributed by atoms with van der Waals surface area (Å²) in [5.74, 6) is 0.175. The Balaban J connectivity index is 0.00000264. The van der Waals surface area contributed by atoms with Crippen molar-refractivity contribution in [1.29, 1.82) is 0 Å². The summed E-state index contributed by atoms with van der Waals surface area (Å²) < 4.78 is 31.8. The number of methoxy groups -OCH3 is 1. The summed E-state index contributed by atoms with van der Waals surface area (Å²) in [6.07, 6.45) is 0.675. The number of sulfonamides is 1. The number of halogens is 1. The van der Waals surface area contributed by atoms with Gasteiger partial charge in [0.05, 0.1) is 12.0 Å². The first-order valence-electron chi connectivity index (χ1n) is 6.85. The SMILES string of the molecule is COc1ccc([N+](=O)[O-])cc1S(=O)(=O)N1CCC(C(C)N)C1.Cl. The number of nitro groups is 1. The second-order valence-corrected chi connectivity index (χ2v) is 7.27. The summed E-state index contributed by atoms with van der Waals surface area (Å²) in [5, 5.41) is 10.9. The number of hydrogen-bond acceptors (Lipinski definition) is 6. The molecule has 2 N–H and O–H groups in total. The quantitative estimate of drug-likeness (QED) is 0.622. The number of nitrogens with zero attached hydrogens (tertiary/aromatic N) is 2. The molecule has 2 unspecified atom stereocenters. The van der Waals surface area contributed by atoms with Crippen molar-refractivity contribution in [3.05, 3.63) is 28.3 Å². The van der Waals surface area contributed by atoms with Crippen LogP contribution in [0.2, 0.25) is 0 Å². The molecule has 23 heavy (non-hydrogen) atoms. The molecular formula is C13H20ClN3O5S. The molecule has 1 fully saturated rings. The van der Waals surface area contributed by atoms with Gasteiger partial charge in [0.2, 0.25) is 10.0 Å². The molecule has 0 saturated carbocycles. The van der Waals surface area contributed by atoms with E-state index in [-0.39, 0.29) is 40.7 Å². The second kappa shape index (κ2) is 7.43. The minimum absolute atomic E-state index is 0. The van der Waals surface area contributed by atoms with Crippen molar-refractivity contribution in [2.24, 2.45) is 11.7 Å². The van der Waals surface area contributed by atoms with E-state index >= 15 is 0 Å². The molecule has 0 spiro atoms. The second-order valence-electron chi connectivity index (χ2n) is 5.36. The van der Waals surface area contributed by atoms with Crippen LogP contribution in [0.25, 0.3) is 0 Å². The molecular weight excluding hydrogens is 346 g/mol. The van der Waals surface area contributed by atoms with Crippen LogP contribution in [0.1, 0.15) is 13.3 Å². The van der Waals surface area contributed by atoms with Gasteiger partial charge in [-0.2, -0.15) is 4.31 Å². The molecule has 0 aliphatic carbocycles. The van der Waals surface area contributed by atoms with Crippen LogP contribution in [0, 0.1) is 16.0 Å². The third-order valence-corrected chi connectivity index (χ3v) is 5.79. The summed E-state index contributed by atoms with van der Waals surface area (Å²) >= 11 is 0. The van der Waals surface area contributed by atoms with Crippen molar-refractivity contribution in [1.82, 2.24) is 4.31 Å². The van der Waals surface area contributed by atoms with Gasteiger partial charge in [-0.3, -0.25) is 10.1 Å². The van der Waals surface area contributed by atoms with E-state index in [1.165, 1.54) is 23.5 Å². The molecule has 0 amide bonds. The fourth-order valence-electron chi connectivity index (χ4n) is 2.52. The van der Waals surface area contributed by atoms with E-state index in [1.54, 1.807) is 0 Å². The molecule has 0 aromatic heterocycles. The lowest BCUT2D eigenvalue weighted by atomic mass is 10.0. The molecule has 1 aromatic carbocycles. The molecule has 1 aliphatic heterocycles. The maximum Gasteiger partial charge on any atom is 0.271 e. The number of non-ortho nitro benzene ring substituents is 1. The summed E-state index contributed by atoms with van der Waals surface area (Å²) in [6, 6.07) is 3.44. The van der Waals surface area contributed by atoms with E-state index in [4.69, 9.17) is 10.5 Å². The fourth-order valence-corrected chi connectivity index (χ4v) is 4.21. The number of hydrogen-bond donors (Lipinski definition) is 1. The number of ether oxygens (including phenoxy) is 1. The molecule has 1 aliphatic rings. The van der Waals surface area contributed by atoms with Crippen molar-refractivity contribution >= 4 is 28.1 Å². The van der Waals surface area contributed by atoms with Crippen LogP contribution in [0.3, 0.4) is 0 Å². The van der Waals surface area contributed by atoms with Crippen molar-refractivity contribution in [2.75, 3.05) is 20.2 Å². The van der Waals surface area contributed by atoms with E-state index < -0.39 is 14.9 Å². The average molecular weight is 366 g/mol. The normalized spacial score (nSPS) is 19.9. The molecule has 0 radical (unpaired) electrons. The van der Waals surface area contributed by atoms with Crippen LogP contribution < -0.4 is 10.5 Å². The molecule has 2 atom stereocenters. The lowest BCUT2D eigenvalue weighted by Crippen LogP contribution is -2.33. The van der Waals surface area contributed by atoms with E-state index in [9.17, 15) is 18.5 Å². The number of benzene rings is 1. The van der Waals surface area contributed by atoms with Crippen LogP contribution in [-0.4, -0.2) is 43.9 Å². The van der Waals surface area contributed by atoms with Crippen LogP contribution in [0.5, 0.6) is 5.75 Å². The minimum Gasteiger partial charge on any atom is -0.495 e.